The number of nitrogens with one attached hydrogen (secondary N) is 2. The molecule has 0 saturated heterocycles. The first-order valence-electron chi connectivity index (χ1n) is 7.36. The van der Waals surface area contributed by atoms with Crippen molar-refractivity contribution in [3.8, 4) is 0 Å². The highest BCUT2D eigenvalue weighted by atomic mass is 16.2. The van der Waals surface area contributed by atoms with E-state index in [1.54, 1.807) is 0 Å². The minimum Gasteiger partial charge on any atom is -0.361 e. The maximum absolute atomic E-state index is 12.1. The third-order valence-corrected chi connectivity index (χ3v) is 3.76. The van der Waals surface area contributed by atoms with Gasteiger partial charge in [0.15, 0.2) is 0 Å². The molecule has 1 heterocycles. The molecule has 22 heavy (non-hydrogen) atoms. The Hall–Kier alpha value is -2.59. The summed E-state index contributed by atoms with van der Waals surface area (Å²) in [4.78, 5) is 15.3. The van der Waals surface area contributed by atoms with Gasteiger partial charge in [-0.05, 0) is 23.6 Å². The molecule has 1 amide bonds. The standard InChI is InChI=1S/C18H19N3O/c19-16(18(22)21-11-13-6-2-1-3-7-13)10-14-12-20-17-9-5-4-8-15(14)17/h1-9,12,16,20H,10-11,19H2,(H,21,22)/t16-/m1/s1. The largest absolute Gasteiger partial charge is 0.361 e. The molecule has 0 unspecified atom stereocenters. The Balaban J connectivity index is 1.61. The predicted molar refractivity (Wildman–Crippen MR) is 88.3 cm³/mol. The molecule has 1 atom stereocenters. The zero-order valence-electron chi connectivity index (χ0n) is 12.3. The van der Waals surface area contributed by atoms with Crippen molar-refractivity contribution in [3.05, 3.63) is 71.9 Å². The lowest BCUT2D eigenvalue weighted by atomic mass is 10.0. The van der Waals surface area contributed by atoms with Gasteiger partial charge in [-0.1, -0.05) is 48.5 Å². The van der Waals surface area contributed by atoms with Crippen LogP contribution in [0.25, 0.3) is 10.9 Å². The van der Waals surface area contributed by atoms with Crippen LogP contribution in [0.5, 0.6) is 0 Å². The average molecular weight is 293 g/mol. The van der Waals surface area contributed by atoms with E-state index in [9.17, 15) is 4.79 Å². The van der Waals surface area contributed by atoms with E-state index in [1.165, 1.54) is 0 Å². The number of rotatable bonds is 5. The van der Waals surface area contributed by atoms with E-state index in [4.69, 9.17) is 5.73 Å². The maximum atomic E-state index is 12.1. The molecule has 0 saturated carbocycles. The maximum Gasteiger partial charge on any atom is 0.237 e. The van der Waals surface area contributed by atoms with Gasteiger partial charge in [-0.3, -0.25) is 4.79 Å². The molecule has 2 aromatic carbocycles. The quantitative estimate of drug-likeness (QED) is 0.676. The normalized spacial score (nSPS) is 12.2. The summed E-state index contributed by atoms with van der Waals surface area (Å²) in [5.74, 6) is -0.130. The highest BCUT2D eigenvalue weighted by Crippen LogP contribution is 2.18. The van der Waals surface area contributed by atoms with Gasteiger partial charge in [0.05, 0.1) is 6.04 Å². The molecule has 0 aliphatic carbocycles. The number of aromatic nitrogens is 1. The predicted octanol–water partition coefficient (Wildman–Crippen LogP) is 2.35. The van der Waals surface area contributed by atoms with Crippen molar-refractivity contribution in [3.63, 3.8) is 0 Å². The molecule has 0 radical (unpaired) electrons. The summed E-state index contributed by atoms with van der Waals surface area (Å²) in [5.41, 5.74) is 9.23. The van der Waals surface area contributed by atoms with Crippen LogP contribution in [0.4, 0.5) is 0 Å². The lowest BCUT2D eigenvalue weighted by molar-refractivity contribution is -0.122. The molecule has 1 aromatic heterocycles. The number of aromatic amines is 1. The van der Waals surface area contributed by atoms with Gasteiger partial charge in [-0.2, -0.15) is 0 Å². The Kier molecular flexibility index (Phi) is 4.21. The number of carbonyl (C=O) groups excluding carboxylic acids is 1. The van der Waals surface area contributed by atoms with E-state index in [2.05, 4.69) is 10.3 Å². The van der Waals surface area contributed by atoms with Gasteiger partial charge in [-0.15, -0.1) is 0 Å². The number of H-pyrrole nitrogens is 1. The van der Waals surface area contributed by atoms with Gasteiger partial charge in [0.2, 0.25) is 5.91 Å². The Morgan fingerprint density at radius 2 is 1.82 bits per heavy atom. The number of hydrogen-bond acceptors (Lipinski definition) is 2. The van der Waals surface area contributed by atoms with Crippen LogP contribution in [-0.4, -0.2) is 16.9 Å². The second-order valence-electron chi connectivity index (χ2n) is 5.37. The fourth-order valence-corrected chi connectivity index (χ4v) is 2.55. The third kappa shape index (κ3) is 3.18. The molecule has 4 N–H and O–H groups in total. The van der Waals surface area contributed by atoms with Crippen molar-refractivity contribution in [2.75, 3.05) is 0 Å². The fraction of sp³-hybridized carbons (Fsp3) is 0.167. The number of amides is 1. The van der Waals surface area contributed by atoms with Crippen LogP contribution >= 0.6 is 0 Å². The highest BCUT2D eigenvalue weighted by Gasteiger charge is 2.15. The Morgan fingerprint density at radius 1 is 1.09 bits per heavy atom. The minimum atomic E-state index is -0.553. The van der Waals surface area contributed by atoms with E-state index in [0.29, 0.717) is 13.0 Å². The third-order valence-electron chi connectivity index (χ3n) is 3.76. The first kappa shape index (κ1) is 14.4. The van der Waals surface area contributed by atoms with Crippen LogP contribution < -0.4 is 11.1 Å². The van der Waals surface area contributed by atoms with Gasteiger partial charge in [0.1, 0.15) is 0 Å². The van der Waals surface area contributed by atoms with Crippen molar-refractivity contribution in [2.45, 2.75) is 19.0 Å². The van der Waals surface area contributed by atoms with Crippen LogP contribution in [0.2, 0.25) is 0 Å². The SMILES string of the molecule is N[C@H](Cc1c[nH]c2ccccc12)C(=O)NCc1ccccc1. The summed E-state index contributed by atoms with van der Waals surface area (Å²) in [6.45, 7) is 0.501. The number of nitrogens with two attached hydrogens (primary N) is 1. The summed E-state index contributed by atoms with van der Waals surface area (Å²) in [6.07, 6.45) is 2.44. The van der Waals surface area contributed by atoms with Crippen LogP contribution in [0.1, 0.15) is 11.1 Å². The number of benzene rings is 2. The Labute approximate surface area is 129 Å². The molecule has 112 valence electrons. The number of fused-ring (bicyclic) bond motifs is 1. The van der Waals surface area contributed by atoms with Crippen molar-refractivity contribution in [1.82, 2.24) is 10.3 Å². The van der Waals surface area contributed by atoms with Gasteiger partial charge < -0.3 is 16.0 Å². The topological polar surface area (TPSA) is 70.9 Å². The van der Waals surface area contributed by atoms with Crippen LogP contribution in [0, 0.1) is 0 Å². The minimum absolute atomic E-state index is 0.130. The monoisotopic (exact) mass is 293 g/mol. The number of carbonyl (C=O) groups is 1. The van der Waals surface area contributed by atoms with E-state index in [-0.39, 0.29) is 5.91 Å². The number of para-hydroxylation sites is 1. The van der Waals surface area contributed by atoms with Crippen LogP contribution in [0.15, 0.2) is 60.8 Å². The van der Waals surface area contributed by atoms with Crippen molar-refractivity contribution in [1.29, 1.82) is 0 Å². The molecule has 0 aliphatic heterocycles. The molecule has 0 aliphatic rings. The van der Waals surface area contributed by atoms with E-state index in [0.717, 1.165) is 22.0 Å². The Morgan fingerprint density at radius 3 is 2.64 bits per heavy atom. The smallest absolute Gasteiger partial charge is 0.237 e. The molecule has 4 nitrogen and oxygen atoms in total. The van der Waals surface area contributed by atoms with Crippen molar-refractivity contribution in [2.24, 2.45) is 5.73 Å². The Bertz CT molecular complexity index is 764. The number of hydrogen-bond donors (Lipinski definition) is 3. The zero-order valence-corrected chi connectivity index (χ0v) is 12.3. The molecule has 3 aromatic rings. The molecule has 4 heteroatoms. The molecule has 0 bridgehead atoms. The first-order chi connectivity index (χ1) is 10.7. The van der Waals surface area contributed by atoms with Crippen molar-refractivity contribution >= 4 is 16.8 Å². The second-order valence-corrected chi connectivity index (χ2v) is 5.37. The van der Waals surface area contributed by atoms with Gasteiger partial charge in [-0.25, -0.2) is 0 Å². The van der Waals surface area contributed by atoms with E-state index in [1.807, 2.05) is 60.8 Å². The fourth-order valence-electron chi connectivity index (χ4n) is 2.55. The second kappa shape index (κ2) is 6.45. The van der Waals surface area contributed by atoms with Gasteiger partial charge in [0, 0.05) is 23.6 Å². The summed E-state index contributed by atoms with van der Waals surface area (Å²) in [7, 11) is 0. The lowest BCUT2D eigenvalue weighted by Crippen LogP contribution is -2.41. The van der Waals surface area contributed by atoms with Crippen LogP contribution in [-0.2, 0) is 17.8 Å². The van der Waals surface area contributed by atoms with Crippen LogP contribution in [0.3, 0.4) is 0 Å². The summed E-state index contributed by atoms with van der Waals surface area (Å²) in [6, 6.07) is 17.3. The van der Waals surface area contributed by atoms with Gasteiger partial charge in [0.25, 0.3) is 0 Å². The molecule has 0 fully saturated rings. The summed E-state index contributed by atoms with van der Waals surface area (Å²) < 4.78 is 0. The molecule has 3 rings (SSSR count). The summed E-state index contributed by atoms with van der Waals surface area (Å²) in [5, 5.41) is 4.00. The lowest BCUT2D eigenvalue weighted by Gasteiger charge is -2.12. The van der Waals surface area contributed by atoms with Crippen molar-refractivity contribution < 1.29 is 4.79 Å². The molecular formula is C18H19N3O. The van der Waals surface area contributed by atoms with E-state index >= 15 is 0 Å². The average Bonchev–Trinajstić information content (AvgIpc) is 2.97. The first-order valence-corrected chi connectivity index (χ1v) is 7.36. The highest BCUT2D eigenvalue weighted by molar-refractivity contribution is 5.86. The molecule has 0 spiro atoms. The van der Waals surface area contributed by atoms with E-state index < -0.39 is 6.04 Å². The summed E-state index contributed by atoms with van der Waals surface area (Å²) >= 11 is 0. The molecular weight excluding hydrogens is 274 g/mol. The zero-order chi connectivity index (χ0) is 15.4. The van der Waals surface area contributed by atoms with Gasteiger partial charge >= 0.3 is 0 Å².